The molecule has 8 nitrogen and oxygen atoms in total. The lowest BCUT2D eigenvalue weighted by atomic mass is 10.1. The van der Waals surface area contributed by atoms with Crippen LogP contribution < -0.4 is 5.32 Å². The second-order valence-electron chi connectivity index (χ2n) is 6.41. The van der Waals surface area contributed by atoms with Crippen LogP contribution in [0.1, 0.15) is 26.4 Å². The lowest BCUT2D eigenvalue weighted by Crippen LogP contribution is -2.14. The summed E-state index contributed by atoms with van der Waals surface area (Å²) in [5.41, 5.74) is 2.98. The number of esters is 1. The first-order valence-corrected chi connectivity index (χ1v) is 8.87. The van der Waals surface area contributed by atoms with Crippen LogP contribution >= 0.6 is 0 Å². The number of carbonyl (C=O) groups is 2. The van der Waals surface area contributed by atoms with Gasteiger partial charge in [0.25, 0.3) is 5.91 Å². The van der Waals surface area contributed by atoms with Gasteiger partial charge in [0.05, 0.1) is 17.5 Å². The van der Waals surface area contributed by atoms with Gasteiger partial charge >= 0.3 is 5.97 Å². The predicted molar refractivity (Wildman–Crippen MR) is 103 cm³/mol. The third kappa shape index (κ3) is 2.96. The summed E-state index contributed by atoms with van der Waals surface area (Å²) in [6.07, 6.45) is 1.52. The molecule has 0 aliphatic carbocycles. The number of nitrogens with one attached hydrogen (secondary N) is 1. The van der Waals surface area contributed by atoms with Crippen molar-refractivity contribution in [1.82, 2.24) is 15.0 Å². The normalized spacial score (nSPS) is 12.5. The van der Waals surface area contributed by atoms with Gasteiger partial charge in [-0.15, -0.1) is 5.10 Å². The number of fused-ring (bicyclic) bond motifs is 1. The zero-order valence-corrected chi connectivity index (χ0v) is 15.0. The van der Waals surface area contributed by atoms with E-state index in [0.717, 1.165) is 11.3 Å². The second-order valence-corrected chi connectivity index (χ2v) is 6.41. The van der Waals surface area contributed by atoms with E-state index in [1.54, 1.807) is 35.0 Å². The Morgan fingerprint density at radius 2 is 1.93 bits per heavy atom. The standard InChI is InChI=1S/C21H14N4O4/c26-20(22-14-9-8-13-12-29-21(27)16(13)11-14)18-19(17-7-4-10-28-17)25(24-23-18)15-5-2-1-3-6-15/h1-11H,12H2,(H,22,26). The molecule has 0 saturated carbocycles. The van der Waals surface area contributed by atoms with Gasteiger partial charge in [-0.1, -0.05) is 29.5 Å². The van der Waals surface area contributed by atoms with E-state index in [-0.39, 0.29) is 12.3 Å². The third-order valence-corrected chi connectivity index (χ3v) is 4.59. The number of nitrogens with zero attached hydrogens (tertiary/aromatic N) is 3. The molecular formula is C21H14N4O4. The molecule has 0 atom stereocenters. The van der Waals surface area contributed by atoms with Gasteiger partial charge in [0, 0.05) is 11.3 Å². The van der Waals surface area contributed by atoms with Crippen LogP contribution in [0.25, 0.3) is 17.1 Å². The SMILES string of the molecule is O=C1OCc2ccc(NC(=O)c3nnn(-c4ccccc4)c3-c3ccco3)cc21. The van der Waals surface area contributed by atoms with E-state index in [1.165, 1.54) is 6.26 Å². The highest BCUT2D eigenvalue weighted by molar-refractivity contribution is 6.07. The molecule has 0 radical (unpaired) electrons. The lowest BCUT2D eigenvalue weighted by Gasteiger charge is -2.07. The van der Waals surface area contributed by atoms with Crippen molar-refractivity contribution in [3.8, 4) is 17.1 Å². The second kappa shape index (κ2) is 6.75. The van der Waals surface area contributed by atoms with Crippen molar-refractivity contribution in [3.63, 3.8) is 0 Å². The summed E-state index contributed by atoms with van der Waals surface area (Å²) in [7, 11) is 0. The molecule has 0 saturated heterocycles. The van der Waals surface area contributed by atoms with Crippen molar-refractivity contribution in [2.45, 2.75) is 6.61 Å². The first-order chi connectivity index (χ1) is 14.2. The maximum Gasteiger partial charge on any atom is 0.338 e. The number of carbonyl (C=O) groups excluding carboxylic acids is 2. The molecule has 0 fully saturated rings. The van der Waals surface area contributed by atoms with Crippen molar-refractivity contribution in [2.24, 2.45) is 0 Å². The van der Waals surface area contributed by atoms with Crippen LogP contribution in [0.4, 0.5) is 5.69 Å². The molecule has 2 aromatic carbocycles. The quantitative estimate of drug-likeness (QED) is 0.539. The fourth-order valence-electron chi connectivity index (χ4n) is 3.20. The minimum absolute atomic E-state index is 0.104. The number of hydrogen-bond donors (Lipinski definition) is 1. The molecule has 0 bridgehead atoms. The number of aromatic nitrogens is 3. The number of ether oxygens (including phenoxy) is 1. The largest absolute Gasteiger partial charge is 0.463 e. The number of rotatable bonds is 4. The summed E-state index contributed by atoms with van der Waals surface area (Å²) in [6.45, 7) is 0.246. The van der Waals surface area contributed by atoms with Crippen molar-refractivity contribution in [3.05, 3.63) is 83.7 Å². The smallest absolute Gasteiger partial charge is 0.338 e. The van der Waals surface area contributed by atoms with Crippen molar-refractivity contribution >= 4 is 17.6 Å². The zero-order chi connectivity index (χ0) is 19.8. The average Bonchev–Trinajstić information content (AvgIpc) is 3.48. The van der Waals surface area contributed by atoms with Gasteiger partial charge in [-0.2, -0.15) is 0 Å². The number of amides is 1. The highest BCUT2D eigenvalue weighted by Crippen LogP contribution is 2.27. The van der Waals surface area contributed by atoms with Gasteiger partial charge in [0.1, 0.15) is 12.3 Å². The molecule has 5 rings (SSSR count). The minimum Gasteiger partial charge on any atom is -0.463 e. The fourth-order valence-corrected chi connectivity index (χ4v) is 3.20. The van der Waals surface area contributed by atoms with E-state index in [4.69, 9.17) is 9.15 Å². The van der Waals surface area contributed by atoms with Crippen LogP contribution in [-0.2, 0) is 11.3 Å². The Kier molecular flexibility index (Phi) is 3.94. The molecule has 2 aromatic heterocycles. The number of cyclic esters (lactones) is 1. The molecule has 1 amide bonds. The van der Waals surface area contributed by atoms with E-state index in [1.807, 2.05) is 30.3 Å². The Bertz CT molecular complexity index is 1210. The number of anilines is 1. The maximum absolute atomic E-state index is 13.0. The summed E-state index contributed by atoms with van der Waals surface area (Å²) in [5.74, 6) is -0.408. The zero-order valence-electron chi connectivity index (χ0n) is 15.0. The van der Waals surface area contributed by atoms with Crippen molar-refractivity contribution in [2.75, 3.05) is 5.32 Å². The summed E-state index contributed by atoms with van der Waals surface area (Å²) < 4.78 is 12.1. The molecule has 4 aromatic rings. The molecule has 8 heteroatoms. The number of para-hydroxylation sites is 1. The maximum atomic E-state index is 13.0. The monoisotopic (exact) mass is 386 g/mol. The first kappa shape index (κ1) is 16.9. The van der Waals surface area contributed by atoms with Crippen molar-refractivity contribution < 1.29 is 18.7 Å². The summed E-state index contributed by atoms with van der Waals surface area (Å²) in [5, 5.41) is 11.0. The van der Waals surface area contributed by atoms with Crippen LogP contribution in [0.15, 0.2) is 71.3 Å². The van der Waals surface area contributed by atoms with Gasteiger partial charge in [-0.3, -0.25) is 4.79 Å². The highest BCUT2D eigenvalue weighted by Gasteiger charge is 2.25. The predicted octanol–water partition coefficient (Wildman–Crippen LogP) is 3.45. The Balaban J connectivity index is 1.53. The van der Waals surface area contributed by atoms with E-state index < -0.39 is 11.9 Å². The Hall–Kier alpha value is -4.20. The molecule has 29 heavy (non-hydrogen) atoms. The molecular weight excluding hydrogens is 372 g/mol. The van der Waals surface area contributed by atoms with Crippen LogP contribution in [0, 0.1) is 0 Å². The van der Waals surface area contributed by atoms with Crippen molar-refractivity contribution in [1.29, 1.82) is 0 Å². The Morgan fingerprint density at radius 3 is 2.72 bits per heavy atom. The highest BCUT2D eigenvalue weighted by atomic mass is 16.5. The van der Waals surface area contributed by atoms with E-state index >= 15 is 0 Å². The van der Waals surface area contributed by atoms with Gasteiger partial charge in [0.2, 0.25) is 0 Å². The minimum atomic E-state index is -0.468. The third-order valence-electron chi connectivity index (χ3n) is 4.59. The number of furan rings is 1. The Morgan fingerprint density at radius 1 is 1.07 bits per heavy atom. The lowest BCUT2D eigenvalue weighted by molar-refractivity contribution is 0.0535. The van der Waals surface area contributed by atoms with E-state index in [0.29, 0.717) is 22.7 Å². The fraction of sp³-hybridized carbons (Fsp3) is 0.0476. The molecule has 3 heterocycles. The van der Waals surface area contributed by atoms with Crippen LogP contribution in [0.3, 0.4) is 0 Å². The summed E-state index contributed by atoms with van der Waals surface area (Å²) in [6, 6.07) is 17.9. The molecule has 1 N–H and O–H groups in total. The van der Waals surface area contributed by atoms with E-state index in [2.05, 4.69) is 15.6 Å². The Labute approximate surface area is 164 Å². The summed E-state index contributed by atoms with van der Waals surface area (Å²) >= 11 is 0. The molecule has 1 aliphatic heterocycles. The first-order valence-electron chi connectivity index (χ1n) is 8.87. The molecule has 1 aliphatic rings. The van der Waals surface area contributed by atoms with Crippen LogP contribution in [0.5, 0.6) is 0 Å². The molecule has 0 spiro atoms. The topological polar surface area (TPSA) is 99.2 Å². The van der Waals surface area contributed by atoms with Gasteiger partial charge < -0.3 is 14.5 Å². The van der Waals surface area contributed by atoms with E-state index in [9.17, 15) is 9.59 Å². The van der Waals surface area contributed by atoms with Crippen LogP contribution in [0.2, 0.25) is 0 Å². The van der Waals surface area contributed by atoms with Gasteiger partial charge in [-0.25, -0.2) is 9.48 Å². The number of hydrogen-bond acceptors (Lipinski definition) is 6. The van der Waals surface area contributed by atoms with Gasteiger partial charge in [0.15, 0.2) is 11.5 Å². The average molecular weight is 386 g/mol. The number of benzene rings is 2. The summed E-state index contributed by atoms with van der Waals surface area (Å²) in [4.78, 5) is 24.7. The molecule has 142 valence electrons. The van der Waals surface area contributed by atoms with Gasteiger partial charge in [-0.05, 0) is 36.4 Å². The van der Waals surface area contributed by atoms with Crippen LogP contribution in [-0.4, -0.2) is 26.9 Å². The molecule has 0 unspecified atom stereocenters.